The molecule has 3 aromatic rings. The predicted octanol–water partition coefficient (Wildman–Crippen LogP) is 6.63. The second-order valence-electron chi connectivity index (χ2n) is 7.19. The molecule has 5 nitrogen and oxygen atoms in total. The van der Waals surface area contributed by atoms with Crippen LogP contribution in [0, 0.1) is 6.92 Å². The molecule has 0 aliphatic carbocycles. The lowest BCUT2D eigenvalue weighted by atomic mass is 10.1. The lowest BCUT2D eigenvalue weighted by Gasteiger charge is -2.12. The van der Waals surface area contributed by atoms with Gasteiger partial charge in [-0.15, -0.1) is 0 Å². The van der Waals surface area contributed by atoms with Crippen molar-refractivity contribution in [3.8, 4) is 5.75 Å². The fourth-order valence-corrected chi connectivity index (χ4v) is 3.91. The fourth-order valence-electron chi connectivity index (χ4n) is 3.17. The largest absolute Gasteiger partial charge is 0.486 e. The summed E-state index contributed by atoms with van der Waals surface area (Å²) in [5.74, 6) is -0.148. The van der Waals surface area contributed by atoms with Crippen LogP contribution in [0.1, 0.15) is 16.7 Å². The first-order valence-corrected chi connectivity index (χ1v) is 10.8. The number of anilines is 1. The number of aryl methyl sites for hydroxylation is 1. The summed E-state index contributed by atoms with van der Waals surface area (Å²) in [5, 5.41) is 3.66. The van der Waals surface area contributed by atoms with Crippen LogP contribution < -0.4 is 15.0 Å². The average molecular weight is 488 g/mol. The first-order valence-electron chi connectivity index (χ1n) is 9.62. The number of nitrogens with one attached hydrogen (secondary N) is 1. The summed E-state index contributed by atoms with van der Waals surface area (Å²) in [5.41, 5.74) is 3.20. The molecule has 4 rings (SSSR count). The summed E-state index contributed by atoms with van der Waals surface area (Å²) in [6, 6.07) is 17.0. The number of benzene rings is 3. The van der Waals surface area contributed by atoms with E-state index in [0.717, 1.165) is 16.0 Å². The molecule has 0 saturated carbocycles. The third-order valence-electron chi connectivity index (χ3n) is 4.80. The van der Waals surface area contributed by atoms with Crippen LogP contribution in [0.5, 0.6) is 5.75 Å². The van der Waals surface area contributed by atoms with Crippen LogP contribution in [0.3, 0.4) is 0 Å². The van der Waals surface area contributed by atoms with Crippen molar-refractivity contribution in [2.75, 3.05) is 4.90 Å². The Hall–Kier alpha value is -2.99. The van der Waals surface area contributed by atoms with Crippen molar-refractivity contribution >= 4 is 58.5 Å². The third kappa shape index (κ3) is 4.75. The maximum atomic E-state index is 12.8. The minimum absolute atomic E-state index is 0.102. The van der Waals surface area contributed by atoms with Crippen molar-refractivity contribution in [1.82, 2.24) is 5.32 Å². The van der Waals surface area contributed by atoms with E-state index < -0.39 is 11.9 Å². The molecular weight excluding hydrogens is 471 g/mol. The van der Waals surface area contributed by atoms with Gasteiger partial charge in [-0.25, -0.2) is 9.69 Å². The monoisotopic (exact) mass is 486 g/mol. The number of rotatable bonds is 5. The Balaban J connectivity index is 1.54. The molecule has 1 N–H and O–H groups in total. The second-order valence-corrected chi connectivity index (χ2v) is 8.44. The Morgan fingerprint density at radius 3 is 2.19 bits per heavy atom. The zero-order chi connectivity index (χ0) is 22.8. The van der Waals surface area contributed by atoms with Gasteiger partial charge in [0.15, 0.2) is 5.75 Å². The lowest BCUT2D eigenvalue weighted by molar-refractivity contribution is -0.113. The normalized spacial score (nSPS) is 14.8. The second kappa shape index (κ2) is 9.25. The predicted molar refractivity (Wildman–Crippen MR) is 127 cm³/mol. The quantitative estimate of drug-likeness (QED) is 0.324. The van der Waals surface area contributed by atoms with Gasteiger partial charge in [-0.3, -0.25) is 4.79 Å². The average Bonchev–Trinajstić information content (AvgIpc) is 3.02. The maximum Gasteiger partial charge on any atom is 0.333 e. The van der Waals surface area contributed by atoms with Crippen molar-refractivity contribution in [3.05, 3.63) is 98.1 Å². The molecule has 1 saturated heterocycles. The number of hydrogen-bond acceptors (Lipinski definition) is 3. The van der Waals surface area contributed by atoms with E-state index in [0.29, 0.717) is 38.7 Å². The highest BCUT2D eigenvalue weighted by molar-refractivity contribution is 6.37. The van der Waals surface area contributed by atoms with Crippen molar-refractivity contribution in [2.45, 2.75) is 13.5 Å². The Morgan fingerprint density at radius 2 is 1.56 bits per heavy atom. The minimum atomic E-state index is -0.557. The van der Waals surface area contributed by atoms with Crippen LogP contribution in [0.15, 0.2) is 66.4 Å². The molecule has 32 heavy (non-hydrogen) atoms. The first-order chi connectivity index (χ1) is 15.3. The van der Waals surface area contributed by atoms with E-state index in [1.807, 2.05) is 31.2 Å². The Labute approximate surface area is 200 Å². The summed E-state index contributed by atoms with van der Waals surface area (Å²) in [4.78, 5) is 26.2. The number of halogens is 3. The molecule has 0 atom stereocenters. The van der Waals surface area contributed by atoms with Crippen LogP contribution in [0.4, 0.5) is 10.5 Å². The summed E-state index contributed by atoms with van der Waals surface area (Å²) >= 11 is 18.6. The van der Waals surface area contributed by atoms with Crippen molar-refractivity contribution < 1.29 is 14.3 Å². The van der Waals surface area contributed by atoms with Gasteiger partial charge >= 0.3 is 6.03 Å². The number of urea groups is 1. The molecule has 0 bridgehead atoms. The fraction of sp³-hybridized carbons (Fsp3) is 0.0833. The van der Waals surface area contributed by atoms with Gasteiger partial charge in [0.05, 0.1) is 15.7 Å². The molecule has 3 aromatic carbocycles. The molecule has 0 unspecified atom stereocenters. The van der Waals surface area contributed by atoms with Gasteiger partial charge < -0.3 is 10.1 Å². The molecule has 0 radical (unpaired) electrons. The number of imide groups is 1. The molecule has 1 aliphatic heterocycles. The summed E-state index contributed by atoms with van der Waals surface area (Å²) in [6.45, 7) is 2.32. The summed E-state index contributed by atoms with van der Waals surface area (Å²) in [6.07, 6.45) is 1.51. The van der Waals surface area contributed by atoms with Gasteiger partial charge in [-0.1, -0.05) is 64.6 Å². The first kappa shape index (κ1) is 22.2. The number of ether oxygens (including phenoxy) is 1. The van der Waals surface area contributed by atoms with Crippen LogP contribution in [-0.4, -0.2) is 11.9 Å². The van der Waals surface area contributed by atoms with E-state index in [-0.39, 0.29) is 5.70 Å². The van der Waals surface area contributed by atoms with Gasteiger partial charge in [-0.05, 0) is 60.5 Å². The van der Waals surface area contributed by atoms with E-state index in [2.05, 4.69) is 5.32 Å². The van der Waals surface area contributed by atoms with Gasteiger partial charge in [0.25, 0.3) is 5.91 Å². The van der Waals surface area contributed by atoms with Gasteiger partial charge in [0.1, 0.15) is 12.3 Å². The van der Waals surface area contributed by atoms with Crippen molar-refractivity contribution in [1.29, 1.82) is 0 Å². The smallest absolute Gasteiger partial charge is 0.333 e. The molecule has 162 valence electrons. The molecule has 1 fully saturated rings. The lowest BCUT2D eigenvalue weighted by Crippen LogP contribution is -2.30. The number of carbonyl (C=O) groups excluding carboxylic acids is 2. The Morgan fingerprint density at radius 1 is 0.938 bits per heavy atom. The standard InChI is InChI=1S/C24H17Cl3N2O3/c1-14-2-4-15(5-3-14)13-32-22-19(26)10-16(11-20(22)27)12-21-23(30)29(24(31)28-21)18-8-6-17(25)7-9-18/h2-12H,13H2,1H3,(H,28,31)/b21-12+. The molecular formula is C24H17Cl3N2O3. The molecule has 0 aromatic heterocycles. The molecule has 0 spiro atoms. The number of nitrogens with zero attached hydrogens (tertiary/aromatic N) is 1. The minimum Gasteiger partial charge on any atom is -0.486 e. The maximum absolute atomic E-state index is 12.8. The zero-order valence-corrected chi connectivity index (χ0v) is 19.1. The molecule has 3 amide bonds. The molecule has 8 heteroatoms. The topological polar surface area (TPSA) is 58.6 Å². The van der Waals surface area contributed by atoms with Crippen molar-refractivity contribution in [3.63, 3.8) is 0 Å². The highest BCUT2D eigenvalue weighted by atomic mass is 35.5. The number of hydrogen-bond donors (Lipinski definition) is 1. The van der Waals surface area contributed by atoms with Gasteiger partial charge in [0, 0.05) is 5.02 Å². The van der Waals surface area contributed by atoms with E-state index in [1.165, 1.54) is 6.08 Å². The van der Waals surface area contributed by atoms with Crippen LogP contribution in [0.25, 0.3) is 6.08 Å². The zero-order valence-electron chi connectivity index (χ0n) is 16.9. The molecule has 1 heterocycles. The van der Waals surface area contributed by atoms with Crippen LogP contribution >= 0.6 is 34.8 Å². The van der Waals surface area contributed by atoms with Crippen LogP contribution in [-0.2, 0) is 11.4 Å². The van der Waals surface area contributed by atoms with E-state index >= 15 is 0 Å². The van der Waals surface area contributed by atoms with Crippen molar-refractivity contribution in [2.24, 2.45) is 0 Å². The highest BCUT2D eigenvalue weighted by Crippen LogP contribution is 2.36. The van der Waals surface area contributed by atoms with E-state index in [4.69, 9.17) is 39.5 Å². The third-order valence-corrected chi connectivity index (χ3v) is 5.61. The SMILES string of the molecule is Cc1ccc(COc2c(Cl)cc(/C=C3/NC(=O)N(c4ccc(Cl)cc4)C3=O)cc2Cl)cc1. The summed E-state index contributed by atoms with van der Waals surface area (Å²) in [7, 11) is 0. The van der Waals surface area contributed by atoms with Gasteiger partial charge in [-0.2, -0.15) is 0 Å². The van der Waals surface area contributed by atoms with Gasteiger partial charge in [0.2, 0.25) is 0 Å². The highest BCUT2D eigenvalue weighted by Gasteiger charge is 2.34. The number of carbonyl (C=O) groups is 2. The van der Waals surface area contributed by atoms with E-state index in [9.17, 15) is 9.59 Å². The van der Waals surface area contributed by atoms with E-state index in [1.54, 1.807) is 36.4 Å². The Bertz CT molecular complexity index is 1200. The van der Waals surface area contributed by atoms with Crippen LogP contribution in [0.2, 0.25) is 15.1 Å². The summed E-state index contributed by atoms with van der Waals surface area (Å²) < 4.78 is 5.80. The molecule has 1 aliphatic rings. The number of amides is 3. The Kier molecular flexibility index (Phi) is 6.42.